The number of hydrogen-bond donors (Lipinski definition) is 2. The third kappa shape index (κ3) is 1.93. The maximum absolute atomic E-state index is 5.25. The second-order valence-electron chi connectivity index (χ2n) is 1.45. The Balaban J connectivity index is 0.000000371. The molecule has 5 nitrogen and oxygen atoms in total. The monoisotopic (exact) mass is 143 g/mol. The Bertz CT molecular complexity index is 172. The molecule has 0 aliphatic carbocycles. The number of aromatic nitrogens is 3. The largest absolute Gasteiger partial charge is 0.368 e. The number of rotatable bonds is 0. The Morgan fingerprint density at radius 3 is 1.90 bits per heavy atom. The van der Waals surface area contributed by atoms with E-state index in [-0.39, 0.29) is 5.95 Å². The molecule has 0 fully saturated rings. The van der Waals surface area contributed by atoms with Crippen molar-refractivity contribution in [3.63, 3.8) is 0 Å². The van der Waals surface area contributed by atoms with Gasteiger partial charge < -0.3 is 11.5 Å². The molecule has 0 saturated carbocycles. The van der Waals surface area contributed by atoms with E-state index in [0.717, 1.165) is 0 Å². The molecule has 0 spiro atoms. The zero-order valence-corrected chi connectivity index (χ0v) is 6.50. The van der Waals surface area contributed by atoms with E-state index in [2.05, 4.69) is 10.1 Å². The Labute approximate surface area is 60.0 Å². The number of aryl methyl sites for hydroxylation is 1. The lowest BCUT2D eigenvalue weighted by atomic mass is 11.0. The number of nitrogens with zero attached hydrogens (tertiary/aromatic N) is 3. The van der Waals surface area contributed by atoms with Crippen LogP contribution in [0, 0.1) is 0 Å². The third-order valence-electron chi connectivity index (χ3n) is 0.813. The summed E-state index contributed by atoms with van der Waals surface area (Å²) in [6.07, 6.45) is 0. The van der Waals surface area contributed by atoms with Gasteiger partial charge in [-0.25, -0.2) is 4.68 Å². The standard InChI is InChI=1S/C3H7N5.C2H6/c1-8-3(5)6-2(4)7-8;1-2/h1H3,(H4,4,5,6,7);1-2H3. The van der Waals surface area contributed by atoms with Crippen LogP contribution in [0.2, 0.25) is 0 Å². The highest BCUT2D eigenvalue weighted by atomic mass is 15.4. The Hall–Kier alpha value is -1.26. The molecule has 0 aliphatic heterocycles. The summed E-state index contributed by atoms with van der Waals surface area (Å²) in [7, 11) is 1.68. The molecule has 0 aliphatic rings. The molecule has 1 aromatic rings. The average molecular weight is 143 g/mol. The fraction of sp³-hybridized carbons (Fsp3) is 0.600. The lowest BCUT2D eigenvalue weighted by Gasteiger charge is -1.84. The van der Waals surface area contributed by atoms with Gasteiger partial charge in [-0.15, -0.1) is 5.10 Å². The maximum Gasteiger partial charge on any atom is 0.241 e. The molecule has 0 unspecified atom stereocenters. The van der Waals surface area contributed by atoms with Crippen molar-refractivity contribution in [2.75, 3.05) is 11.5 Å². The zero-order valence-electron chi connectivity index (χ0n) is 6.50. The van der Waals surface area contributed by atoms with Gasteiger partial charge in [-0.05, 0) is 0 Å². The van der Waals surface area contributed by atoms with E-state index in [0.29, 0.717) is 5.95 Å². The molecule has 0 radical (unpaired) electrons. The summed E-state index contributed by atoms with van der Waals surface area (Å²) >= 11 is 0. The molecule has 10 heavy (non-hydrogen) atoms. The van der Waals surface area contributed by atoms with Gasteiger partial charge in [0.05, 0.1) is 0 Å². The molecule has 5 heteroatoms. The van der Waals surface area contributed by atoms with Crippen molar-refractivity contribution in [2.24, 2.45) is 7.05 Å². The minimum absolute atomic E-state index is 0.213. The minimum Gasteiger partial charge on any atom is -0.368 e. The van der Waals surface area contributed by atoms with Crippen LogP contribution in [0.4, 0.5) is 11.9 Å². The van der Waals surface area contributed by atoms with Crippen molar-refractivity contribution in [2.45, 2.75) is 13.8 Å². The van der Waals surface area contributed by atoms with Crippen molar-refractivity contribution in [3.05, 3.63) is 0 Å². The van der Waals surface area contributed by atoms with Crippen LogP contribution in [-0.2, 0) is 7.05 Å². The SMILES string of the molecule is CC.Cn1nc(N)nc1N. The molecule has 0 aromatic carbocycles. The summed E-state index contributed by atoms with van der Waals surface area (Å²) in [4.78, 5) is 3.62. The first-order valence-corrected chi connectivity index (χ1v) is 3.12. The van der Waals surface area contributed by atoms with E-state index in [1.165, 1.54) is 4.68 Å². The summed E-state index contributed by atoms with van der Waals surface area (Å²) in [5.74, 6) is 0.549. The molecule has 1 rings (SSSR count). The van der Waals surface area contributed by atoms with Crippen molar-refractivity contribution >= 4 is 11.9 Å². The van der Waals surface area contributed by atoms with E-state index < -0.39 is 0 Å². The lowest BCUT2D eigenvalue weighted by Crippen LogP contribution is -1.97. The van der Waals surface area contributed by atoms with E-state index in [1.807, 2.05) is 13.8 Å². The fourth-order valence-corrected chi connectivity index (χ4v) is 0.417. The normalized spacial score (nSPS) is 8.30. The lowest BCUT2D eigenvalue weighted by molar-refractivity contribution is 0.782. The van der Waals surface area contributed by atoms with Gasteiger partial charge in [0.15, 0.2) is 0 Å². The zero-order chi connectivity index (χ0) is 8.15. The number of nitrogens with two attached hydrogens (primary N) is 2. The quantitative estimate of drug-likeness (QED) is 0.535. The second kappa shape index (κ2) is 3.71. The number of nitrogen functional groups attached to an aromatic ring is 2. The summed E-state index contributed by atoms with van der Waals surface area (Å²) in [5, 5.41) is 3.67. The highest BCUT2D eigenvalue weighted by molar-refractivity contribution is 5.25. The van der Waals surface area contributed by atoms with Crippen LogP contribution in [0.3, 0.4) is 0 Å². The predicted octanol–water partition coefficient (Wildman–Crippen LogP) is 0.00570. The van der Waals surface area contributed by atoms with Crippen LogP contribution >= 0.6 is 0 Å². The second-order valence-corrected chi connectivity index (χ2v) is 1.45. The topological polar surface area (TPSA) is 82.8 Å². The van der Waals surface area contributed by atoms with Crippen molar-refractivity contribution in [3.8, 4) is 0 Å². The third-order valence-corrected chi connectivity index (χ3v) is 0.813. The Kier molecular flexibility index (Phi) is 3.24. The molecular formula is C5H13N5. The smallest absolute Gasteiger partial charge is 0.241 e. The van der Waals surface area contributed by atoms with Crippen LogP contribution < -0.4 is 11.5 Å². The van der Waals surface area contributed by atoms with Crippen molar-refractivity contribution < 1.29 is 0 Å². The molecular weight excluding hydrogens is 130 g/mol. The molecule has 4 N–H and O–H groups in total. The highest BCUT2D eigenvalue weighted by Crippen LogP contribution is 1.95. The van der Waals surface area contributed by atoms with Gasteiger partial charge in [-0.3, -0.25) is 0 Å². The molecule has 0 bridgehead atoms. The van der Waals surface area contributed by atoms with Gasteiger partial charge in [0.25, 0.3) is 0 Å². The molecule has 0 amide bonds. The first kappa shape index (κ1) is 8.74. The first-order chi connectivity index (χ1) is 4.70. The van der Waals surface area contributed by atoms with E-state index >= 15 is 0 Å². The molecule has 58 valence electrons. The molecule has 1 heterocycles. The Morgan fingerprint density at radius 2 is 1.80 bits per heavy atom. The summed E-state index contributed by atoms with van der Waals surface area (Å²) < 4.78 is 1.41. The van der Waals surface area contributed by atoms with Crippen LogP contribution in [0.15, 0.2) is 0 Å². The Morgan fingerprint density at radius 1 is 1.30 bits per heavy atom. The van der Waals surface area contributed by atoms with Crippen molar-refractivity contribution in [1.82, 2.24) is 14.8 Å². The van der Waals surface area contributed by atoms with E-state index in [1.54, 1.807) is 7.05 Å². The molecule has 0 saturated heterocycles. The van der Waals surface area contributed by atoms with Crippen LogP contribution in [0.5, 0.6) is 0 Å². The van der Waals surface area contributed by atoms with Gasteiger partial charge in [-0.2, -0.15) is 4.98 Å². The van der Waals surface area contributed by atoms with Crippen LogP contribution in [0.1, 0.15) is 13.8 Å². The summed E-state index contributed by atoms with van der Waals surface area (Å²) in [6, 6.07) is 0. The van der Waals surface area contributed by atoms with Gasteiger partial charge in [-0.1, -0.05) is 13.8 Å². The van der Waals surface area contributed by atoms with Crippen molar-refractivity contribution in [1.29, 1.82) is 0 Å². The van der Waals surface area contributed by atoms with Gasteiger partial charge in [0.2, 0.25) is 11.9 Å². The number of anilines is 2. The molecule has 0 atom stereocenters. The number of hydrogen-bond acceptors (Lipinski definition) is 4. The van der Waals surface area contributed by atoms with Gasteiger partial charge in [0, 0.05) is 7.05 Å². The van der Waals surface area contributed by atoms with Crippen LogP contribution in [-0.4, -0.2) is 14.8 Å². The predicted molar refractivity (Wildman–Crippen MR) is 41.2 cm³/mol. The van der Waals surface area contributed by atoms with E-state index in [9.17, 15) is 0 Å². The van der Waals surface area contributed by atoms with Gasteiger partial charge >= 0.3 is 0 Å². The molecule has 1 aromatic heterocycles. The first-order valence-electron chi connectivity index (χ1n) is 3.12. The fourth-order valence-electron chi connectivity index (χ4n) is 0.417. The average Bonchev–Trinajstić information content (AvgIpc) is 2.16. The summed E-state index contributed by atoms with van der Waals surface area (Å²) in [5.41, 5.74) is 10.4. The highest BCUT2D eigenvalue weighted by Gasteiger charge is 1.95. The summed E-state index contributed by atoms with van der Waals surface area (Å²) in [6.45, 7) is 4.00. The minimum atomic E-state index is 0.213. The van der Waals surface area contributed by atoms with E-state index in [4.69, 9.17) is 11.5 Å². The van der Waals surface area contributed by atoms with Crippen LogP contribution in [0.25, 0.3) is 0 Å². The maximum atomic E-state index is 5.25. The van der Waals surface area contributed by atoms with Gasteiger partial charge in [0.1, 0.15) is 0 Å².